The molecule has 5 nitrogen and oxygen atoms in total. The van der Waals surface area contributed by atoms with Gasteiger partial charge < -0.3 is 21.1 Å². The Hall–Kier alpha value is -0.200. The predicted molar refractivity (Wildman–Crippen MR) is 54.7 cm³/mol. The van der Waals surface area contributed by atoms with Crippen LogP contribution in [0.1, 0.15) is 19.8 Å². The highest BCUT2D eigenvalue weighted by Crippen LogP contribution is 2.16. The summed E-state index contributed by atoms with van der Waals surface area (Å²) in [4.78, 5) is 1.81. The van der Waals surface area contributed by atoms with Gasteiger partial charge in [-0.1, -0.05) is 6.92 Å². The summed E-state index contributed by atoms with van der Waals surface area (Å²) in [7, 11) is 0. The van der Waals surface area contributed by atoms with Gasteiger partial charge >= 0.3 is 0 Å². The van der Waals surface area contributed by atoms with E-state index in [0.29, 0.717) is 25.9 Å². The van der Waals surface area contributed by atoms with Crippen LogP contribution in [0.4, 0.5) is 0 Å². The molecule has 1 atom stereocenters. The van der Waals surface area contributed by atoms with E-state index in [4.69, 9.17) is 21.1 Å². The third-order valence-electron chi connectivity index (χ3n) is 2.53. The summed E-state index contributed by atoms with van der Waals surface area (Å²) < 4.78 is 0. The number of hydrogen-bond acceptors (Lipinski definition) is 5. The Morgan fingerprint density at radius 3 is 1.86 bits per heavy atom. The highest BCUT2D eigenvalue weighted by molar-refractivity contribution is 4.83. The zero-order chi connectivity index (χ0) is 11.0. The van der Waals surface area contributed by atoms with Gasteiger partial charge in [-0.2, -0.15) is 0 Å². The Balaban J connectivity index is 4.37. The molecular formula is C9H22N2O3. The van der Waals surface area contributed by atoms with Crippen molar-refractivity contribution in [2.45, 2.75) is 25.4 Å². The van der Waals surface area contributed by atoms with Crippen LogP contribution in [0.15, 0.2) is 0 Å². The molecule has 0 fully saturated rings. The second-order valence-corrected chi connectivity index (χ2v) is 3.36. The van der Waals surface area contributed by atoms with E-state index in [1.807, 2.05) is 11.8 Å². The van der Waals surface area contributed by atoms with Gasteiger partial charge in [0, 0.05) is 26.1 Å². The van der Waals surface area contributed by atoms with Gasteiger partial charge in [0.15, 0.2) is 0 Å². The molecule has 86 valence electrons. The Bertz CT molecular complexity index is 140. The summed E-state index contributed by atoms with van der Waals surface area (Å²) in [5.74, 6) is 0. The first kappa shape index (κ1) is 13.8. The third kappa shape index (κ3) is 3.89. The number of aliphatic hydroxyl groups is 3. The van der Waals surface area contributed by atoms with Crippen LogP contribution < -0.4 is 5.73 Å². The molecule has 0 heterocycles. The van der Waals surface area contributed by atoms with Crippen LogP contribution in [0.5, 0.6) is 0 Å². The van der Waals surface area contributed by atoms with Crippen molar-refractivity contribution in [3.05, 3.63) is 0 Å². The fourth-order valence-corrected chi connectivity index (χ4v) is 1.55. The second-order valence-electron chi connectivity index (χ2n) is 3.36. The van der Waals surface area contributed by atoms with Crippen LogP contribution in [0.25, 0.3) is 0 Å². The van der Waals surface area contributed by atoms with Gasteiger partial charge in [-0.25, -0.2) is 0 Å². The fraction of sp³-hybridized carbons (Fsp3) is 1.00. The molecule has 0 amide bonds. The molecule has 1 unspecified atom stereocenters. The summed E-state index contributed by atoms with van der Waals surface area (Å²) in [5.41, 5.74) is 5.44. The third-order valence-corrected chi connectivity index (χ3v) is 2.53. The van der Waals surface area contributed by atoms with Crippen molar-refractivity contribution in [2.75, 3.05) is 32.9 Å². The molecule has 0 aromatic carbocycles. The standard InChI is InChI=1S/C9H22N2O3/c1-2-9(10,3-6-12)11(4-7-13)5-8-14/h12-14H,2-8,10H2,1H3. The molecule has 0 spiro atoms. The van der Waals surface area contributed by atoms with Gasteiger partial charge in [0.1, 0.15) is 0 Å². The molecule has 0 rings (SSSR count). The molecule has 0 saturated carbocycles. The van der Waals surface area contributed by atoms with Gasteiger partial charge in [0.05, 0.1) is 18.9 Å². The molecule has 5 N–H and O–H groups in total. The van der Waals surface area contributed by atoms with Crippen molar-refractivity contribution in [2.24, 2.45) is 5.73 Å². The monoisotopic (exact) mass is 206 g/mol. The molecule has 0 aromatic heterocycles. The average molecular weight is 206 g/mol. The Morgan fingerprint density at radius 1 is 1.07 bits per heavy atom. The molecule has 0 aromatic rings. The van der Waals surface area contributed by atoms with Gasteiger partial charge in [-0.05, 0) is 6.42 Å². The first-order valence-electron chi connectivity index (χ1n) is 5.01. The Labute approximate surface area is 85.1 Å². The van der Waals surface area contributed by atoms with Crippen molar-refractivity contribution in [3.8, 4) is 0 Å². The van der Waals surface area contributed by atoms with E-state index >= 15 is 0 Å². The first-order chi connectivity index (χ1) is 6.64. The van der Waals surface area contributed by atoms with Crippen LogP contribution in [0, 0.1) is 0 Å². The highest BCUT2D eigenvalue weighted by atomic mass is 16.3. The van der Waals surface area contributed by atoms with E-state index in [-0.39, 0.29) is 19.8 Å². The maximum Gasteiger partial charge on any atom is 0.0708 e. The summed E-state index contributed by atoms with van der Waals surface area (Å²) in [6, 6.07) is 0. The van der Waals surface area contributed by atoms with Gasteiger partial charge in [-0.3, -0.25) is 4.90 Å². The lowest BCUT2D eigenvalue weighted by Crippen LogP contribution is -2.57. The Kier molecular flexibility index (Phi) is 7.04. The SMILES string of the molecule is CCC(N)(CCO)N(CCO)CCO. The average Bonchev–Trinajstić information content (AvgIpc) is 2.18. The largest absolute Gasteiger partial charge is 0.396 e. The van der Waals surface area contributed by atoms with Crippen molar-refractivity contribution < 1.29 is 15.3 Å². The normalized spacial score (nSPS) is 15.9. The van der Waals surface area contributed by atoms with E-state index in [1.165, 1.54) is 0 Å². The van der Waals surface area contributed by atoms with E-state index in [2.05, 4.69) is 0 Å². The highest BCUT2D eigenvalue weighted by Gasteiger charge is 2.29. The predicted octanol–water partition coefficient (Wildman–Crippen LogP) is -1.28. The number of nitrogens with two attached hydrogens (primary N) is 1. The Morgan fingerprint density at radius 2 is 1.57 bits per heavy atom. The molecule has 0 saturated heterocycles. The lowest BCUT2D eigenvalue weighted by Gasteiger charge is -2.39. The minimum atomic E-state index is -0.625. The second kappa shape index (κ2) is 7.14. The molecular weight excluding hydrogens is 184 g/mol. The van der Waals surface area contributed by atoms with E-state index < -0.39 is 5.66 Å². The molecule has 0 aliphatic carbocycles. The fourth-order valence-electron chi connectivity index (χ4n) is 1.55. The molecule has 14 heavy (non-hydrogen) atoms. The van der Waals surface area contributed by atoms with Crippen molar-refractivity contribution in [1.82, 2.24) is 4.90 Å². The van der Waals surface area contributed by atoms with Crippen molar-refractivity contribution in [1.29, 1.82) is 0 Å². The lowest BCUT2D eigenvalue weighted by molar-refractivity contribution is 0.0318. The lowest BCUT2D eigenvalue weighted by atomic mass is 10.0. The molecule has 0 aliphatic heterocycles. The van der Waals surface area contributed by atoms with E-state index in [0.717, 1.165) is 0 Å². The van der Waals surface area contributed by atoms with Crippen LogP contribution in [0.3, 0.4) is 0 Å². The van der Waals surface area contributed by atoms with Crippen LogP contribution in [-0.2, 0) is 0 Å². The number of aliphatic hydroxyl groups excluding tert-OH is 3. The van der Waals surface area contributed by atoms with E-state index in [9.17, 15) is 0 Å². The zero-order valence-corrected chi connectivity index (χ0v) is 8.82. The summed E-state index contributed by atoms with van der Waals surface area (Å²) in [5, 5.41) is 26.6. The molecule has 0 aliphatic rings. The van der Waals surface area contributed by atoms with E-state index in [1.54, 1.807) is 0 Å². The number of rotatable bonds is 8. The summed E-state index contributed by atoms with van der Waals surface area (Å²) >= 11 is 0. The smallest absolute Gasteiger partial charge is 0.0708 e. The van der Waals surface area contributed by atoms with Crippen LogP contribution in [0.2, 0.25) is 0 Å². The van der Waals surface area contributed by atoms with Crippen LogP contribution in [-0.4, -0.2) is 58.8 Å². The number of hydrogen-bond donors (Lipinski definition) is 4. The molecule has 0 bridgehead atoms. The topological polar surface area (TPSA) is 90.0 Å². The maximum atomic E-state index is 8.89. The van der Waals surface area contributed by atoms with Gasteiger partial charge in [0.2, 0.25) is 0 Å². The van der Waals surface area contributed by atoms with Crippen molar-refractivity contribution >= 4 is 0 Å². The molecule has 0 radical (unpaired) electrons. The minimum absolute atomic E-state index is 0.00434. The van der Waals surface area contributed by atoms with Gasteiger partial charge in [-0.15, -0.1) is 0 Å². The maximum absolute atomic E-state index is 8.89. The van der Waals surface area contributed by atoms with Crippen molar-refractivity contribution in [3.63, 3.8) is 0 Å². The summed E-state index contributed by atoms with van der Waals surface area (Å²) in [6.07, 6.45) is 1.12. The first-order valence-corrected chi connectivity index (χ1v) is 5.01. The zero-order valence-electron chi connectivity index (χ0n) is 8.82. The van der Waals surface area contributed by atoms with Crippen LogP contribution >= 0.6 is 0 Å². The number of nitrogens with zero attached hydrogens (tertiary/aromatic N) is 1. The molecule has 5 heteroatoms. The van der Waals surface area contributed by atoms with Gasteiger partial charge in [0.25, 0.3) is 0 Å². The quantitative estimate of drug-likeness (QED) is 0.371. The summed E-state index contributed by atoms with van der Waals surface area (Å²) in [6.45, 7) is 2.79. The minimum Gasteiger partial charge on any atom is -0.396 e.